The molecule has 0 aromatic heterocycles. The molecule has 0 atom stereocenters. The molecule has 0 bridgehead atoms. The van der Waals surface area contributed by atoms with Crippen molar-refractivity contribution >= 4 is 11.5 Å². The van der Waals surface area contributed by atoms with Gasteiger partial charge >= 0.3 is 5.97 Å². The molecule has 3 rings (SSSR count). The van der Waals surface area contributed by atoms with E-state index in [-0.39, 0.29) is 5.75 Å². The van der Waals surface area contributed by atoms with E-state index in [1.54, 1.807) is 0 Å². The van der Waals surface area contributed by atoms with E-state index in [9.17, 15) is 13.6 Å². The van der Waals surface area contributed by atoms with Gasteiger partial charge in [-0.3, -0.25) is 0 Å². The number of carbonyl (C=O) groups is 1. The SMILES string of the molecule is CCCCCC1=CC=C(c2cc(F)c(C(=O)Oc3ccc(C#N)cc3)c(F)c2)CC1. The highest BCUT2D eigenvalue weighted by atomic mass is 19.1. The molecule has 0 saturated heterocycles. The van der Waals surface area contributed by atoms with Gasteiger partial charge in [0, 0.05) is 0 Å². The van der Waals surface area contributed by atoms with Crippen LogP contribution in [0, 0.1) is 23.0 Å². The standard InChI is InChI=1S/C25H23F2NO2/c1-2-3-4-5-17-6-10-19(11-7-17)20-14-22(26)24(23(27)15-20)25(29)30-21-12-8-18(16-28)9-13-21/h6,8-10,12-15H,2-5,7,11H2,1H3. The molecule has 0 fully saturated rings. The fourth-order valence-corrected chi connectivity index (χ4v) is 3.44. The summed E-state index contributed by atoms with van der Waals surface area (Å²) in [5.41, 5.74) is 2.30. The summed E-state index contributed by atoms with van der Waals surface area (Å²) in [6.07, 6.45) is 10.1. The average molecular weight is 407 g/mol. The van der Waals surface area contributed by atoms with Gasteiger partial charge in [0.05, 0.1) is 11.6 Å². The van der Waals surface area contributed by atoms with Crippen LogP contribution in [0.2, 0.25) is 0 Å². The van der Waals surface area contributed by atoms with Crippen molar-refractivity contribution < 1.29 is 18.3 Å². The van der Waals surface area contributed by atoms with Crippen LogP contribution in [-0.4, -0.2) is 5.97 Å². The zero-order chi connectivity index (χ0) is 21.5. The Kier molecular flexibility index (Phi) is 7.13. The van der Waals surface area contributed by atoms with Gasteiger partial charge in [-0.05, 0) is 73.2 Å². The lowest BCUT2D eigenvalue weighted by Gasteiger charge is -2.16. The number of rotatable bonds is 7. The number of hydrogen-bond acceptors (Lipinski definition) is 3. The van der Waals surface area contributed by atoms with E-state index < -0.39 is 23.2 Å². The summed E-state index contributed by atoms with van der Waals surface area (Å²) in [6.45, 7) is 2.17. The van der Waals surface area contributed by atoms with Gasteiger partial charge in [-0.1, -0.05) is 37.5 Å². The highest BCUT2D eigenvalue weighted by Gasteiger charge is 2.22. The maximum absolute atomic E-state index is 14.6. The second-order valence-corrected chi connectivity index (χ2v) is 7.31. The molecular weight excluding hydrogens is 384 g/mol. The predicted molar refractivity (Wildman–Crippen MR) is 112 cm³/mol. The third-order valence-corrected chi connectivity index (χ3v) is 5.15. The summed E-state index contributed by atoms with van der Waals surface area (Å²) in [4.78, 5) is 12.3. The van der Waals surface area contributed by atoms with Crippen molar-refractivity contribution in [3.8, 4) is 11.8 Å². The topological polar surface area (TPSA) is 50.1 Å². The fraction of sp³-hybridized carbons (Fsp3) is 0.280. The Morgan fingerprint density at radius 2 is 1.77 bits per heavy atom. The number of nitrogens with zero attached hydrogens (tertiary/aromatic N) is 1. The lowest BCUT2D eigenvalue weighted by Crippen LogP contribution is -2.14. The Hall–Kier alpha value is -3.26. The summed E-state index contributed by atoms with van der Waals surface area (Å²) in [6, 6.07) is 10.0. The Morgan fingerprint density at radius 3 is 2.33 bits per heavy atom. The quantitative estimate of drug-likeness (QED) is 0.290. The van der Waals surface area contributed by atoms with Crippen molar-refractivity contribution in [1.82, 2.24) is 0 Å². The molecule has 1 aliphatic carbocycles. The van der Waals surface area contributed by atoms with Crippen LogP contribution in [0.25, 0.3) is 5.57 Å². The first-order chi connectivity index (χ1) is 14.5. The fourth-order valence-electron chi connectivity index (χ4n) is 3.44. The molecule has 2 aromatic carbocycles. The van der Waals surface area contributed by atoms with Crippen LogP contribution in [-0.2, 0) is 0 Å². The van der Waals surface area contributed by atoms with Gasteiger partial charge in [0.25, 0.3) is 0 Å². The Morgan fingerprint density at radius 1 is 1.07 bits per heavy atom. The van der Waals surface area contributed by atoms with Crippen LogP contribution >= 0.6 is 0 Å². The van der Waals surface area contributed by atoms with E-state index in [1.165, 1.54) is 54.8 Å². The number of ether oxygens (including phenoxy) is 1. The predicted octanol–water partition coefficient (Wildman–Crippen LogP) is 6.74. The van der Waals surface area contributed by atoms with Crippen molar-refractivity contribution in [3.05, 3.63) is 82.4 Å². The van der Waals surface area contributed by atoms with Crippen molar-refractivity contribution in [2.24, 2.45) is 0 Å². The van der Waals surface area contributed by atoms with Gasteiger partial charge in [0.2, 0.25) is 0 Å². The second-order valence-electron chi connectivity index (χ2n) is 7.31. The van der Waals surface area contributed by atoms with Crippen LogP contribution in [0.4, 0.5) is 8.78 Å². The molecule has 5 heteroatoms. The number of halogens is 2. The minimum absolute atomic E-state index is 0.109. The minimum Gasteiger partial charge on any atom is -0.423 e. The summed E-state index contributed by atoms with van der Waals surface area (Å²) < 4.78 is 34.2. The summed E-state index contributed by atoms with van der Waals surface area (Å²) in [5, 5.41) is 8.79. The van der Waals surface area contributed by atoms with Gasteiger partial charge in [0.1, 0.15) is 22.9 Å². The maximum Gasteiger partial charge on any atom is 0.349 e. The normalized spacial score (nSPS) is 13.3. The van der Waals surface area contributed by atoms with Gasteiger partial charge in [-0.15, -0.1) is 0 Å². The number of unbranched alkanes of at least 4 members (excludes halogenated alkanes) is 2. The molecule has 1 aliphatic rings. The lowest BCUT2D eigenvalue weighted by atomic mass is 9.90. The molecule has 154 valence electrons. The van der Waals surface area contributed by atoms with E-state index in [0.29, 0.717) is 17.5 Å². The first-order valence-electron chi connectivity index (χ1n) is 10.1. The van der Waals surface area contributed by atoms with Crippen molar-refractivity contribution in [2.45, 2.75) is 45.4 Å². The second kappa shape index (κ2) is 9.98. The first kappa shape index (κ1) is 21.4. The number of benzene rings is 2. The van der Waals surface area contributed by atoms with Gasteiger partial charge < -0.3 is 4.74 Å². The van der Waals surface area contributed by atoms with Gasteiger partial charge in [-0.2, -0.15) is 5.26 Å². The van der Waals surface area contributed by atoms with E-state index >= 15 is 0 Å². The molecule has 0 saturated carbocycles. The third-order valence-electron chi connectivity index (χ3n) is 5.15. The van der Waals surface area contributed by atoms with Crippen LogP contribution in [0.5, 0.6) is 5.75 Å². The highest BCUT2D eigenvalue weighted by molar-refractivity contribution is 5.92. The molecule has 0 N–H and O–H groups in total. The highest BCUT2D eigenvalue weighted by Crippen LogP contribution is 2.31. The van der Waals surface area contributed by atoms with Gasteiger partial charge in [-0.25, -0.2) is 13.6 Å². The zero-order valence-electron chi connectivity index (χ0n) is 16.9. The number of esters is 1. The molecule has 30 heavy (non-hydrogen) atoms. The molecule has 0 unspecified atom stereocenters. The molecule has 0 aliphatic heterocycles. The minimum atomic E-state index is -1.11. The molecular formula is C25H23F2NO2. The maximum atomic E-state index is 14.6. The largest absolute Gasteiger partial charge is 0.423 e. The molecule has 0 amide bonds. The van der Waals surface area contributed by atoms with E-state index in [0.717, 1.165) is 24.8 Å². The Labute approximate surface area is 175 Å². The number of allylic oxidation sites excluding steroid dienone is 4. The first-order valence-corrected chi connectivity index (χ1v) is 10.1. The zero-order valence-corrected chi connectivity index (χ0v) is 16.9. The number of carbonyl (C=O) groups excluding carboxylic acids is 1. The van der Waals surface area contributed by atoms with E-state index in [4.69, 9.17) is 10.00 Å². The molecule has 0 radical (unpaired) electrons. The Balaban J connectivity index is 1.75. The van der Waals surface area contributed by atoms with Crippen LogP contribution in [0.3, 0.4) is 0 Å². The van der Waals surface area contributed by atoms with Crippen molar-refractivity contribution in [3.63, 3.8) is 0 Å². The van der Waals surface area contributed by atoms with E-state index in [2.05, 4.69) is 6.92 Å². The lowest BCUT2D eigenvalue weighted by molar-refractivity contribution is 0.0724. The van der Waals surface area contributed by atoms with Crippen LogP contribution in [0.15, 0.2) is 54.1 Å². The van der Waals surface area contributed by atoms with E-state index in [1.807, 2.05) is 18.2 Å². The Bertz CT molecular complexity index is 1010. The molecule has 0 spiro atoms. The molecule has 0 heterocycles. The van der Waals surface area contributed by atoms with Crippen LogP contribution in [0.1, 0.15) is 66.9 Å². The van der Waals surface area contributed by atoms with Gasteiger partial charge in [0.15, 0.2) is 0 Å². The summed E-state index contributed by atoms with van der Waals surface area (Å²) in [5.74, 6) is -2.92. The number of nitriles is 1. The number of hydrogen-bond donors (Lipinski definition) is 0. The smallest absolute Gasteiger partial charge is 0.349 e. The summed E-state index contributed by atoms with van der Waals surface area (Å²) in [7, 11) is 0. The average Bonchev–Trinajstić information content (AvgIpc) is 2.74. The van der Waals surface area contributed by atoms with Crippen molar-refractivity contribution in [1.29, 1.82) is 5.26 Å². The third kappa shape index (κ3) is 5.21. The van der Waals surface area contributed by atoms with Crippen LogP contribution < -0.4 is 4.74 Å². The monoisotopic (exact) mass is 407 g/mol. The molecule has 2 aromatic rings. The van der Waals surface area contributed by atoms with Crippen molar-refractivity contribution in [2.75, 3.05) is 0 Å². The summed E-state index contributed by atoms with van der Waals surface area (Å²) >= 11 is 0. The molecule has 3 nitrogen and oxygen atoms in total.